The minimum Gasteiger partial charge on any atom is -0.325 e. The maximum Gasteiger partial charge on any atom is 0.234 e. The van der Waals surface area contributed by atoms with Crippen molar-refractivity contribution < 1.29 is 6.22 Å². The predicted molar refractivity (Wildman–Crippen MR) is 50.2 cm³/mol. The highest BCUT2D eigenvalue weighted by atomic mass is 16.2. The van der Waals surface area contributed by atoms with Gasteiger partial charge in [0.2, 0.25) is 5.91 Å². The summed E-state index contributed by atoms with van der Waals surface area (Å²) in [5.41, 5.74) is 1.68. The Morgan fingerprint density at radius 2 is 2.00 bits per heavy atom. The van der Waals surface area contributed by atoms with E-state index in [1.54, 1.807) is 0 Å². The van der Waals surface area contributed by atoms with E-state index in [4.69, 9.17) is 0 Å². The number of anilines is 1. The summed E-state index contributed by atoms with van der Waals surface area (Å²) in [7, 11) is 0. The number of fused-ring (bicyclic) bond motifs is 1. The molecule has 0 aromatic heterocycles. The van der Waals surface area contributed by atoms with Crippen molar-refractivity contribution in [3.63, 3.8) is 0 Å². The third-order valence-electron chi connectivity index (χ3n) is 2.42. The highest BCUT2D eigenvalue weighted by Crippen LogP contribution is 2.36. The van der Waals surface area contributed by atoms with Gasteiger partial charge in [-0.1, -0.05) is 18.2 Å². The second-order valence-corrected chi connectivity index (χ2v) is 3.62. The Morgan fingerprint density at radius 1 is 1.33 bits per heavy atom. The quantitative estimate of drug-likeness (QED) is 0.624. The normalized spacial score (nSPS) is 18.7. The Labute approximate surface area is 73.1 Å². The van der Waals surface area contributed by atoms with E-state index in [2.05, 4.69) is 5.32 Å². The fourth-order valence-electron chi connectivity index (χ4n) is 1.54. The highest BCUT2D eigenvalue weighted by molar-refractivity contribution is 6.05. The Balaban J connectivity index is 0.000000845. The van der Waals surface area contributed by atoms with Crippen LogP contribution in [0.4, 0.5) is 5.69 Å². The number of rotatable bonds is 0. The summed E-state index contributed by atoms with van der Waals surface area (Å²) >= 11 is 0. The smallest absolute Gasteiger partial charge is 0.234 e. The predicted octanol–water partition coefficient (Wildman–Crippen LogP) is 2.16. The van der Waals surface area contributed by atoms with Gasteiger partial charge < -0.3 is 5.32 Å². The molecule has 0 fully saturated rings. The molecule has 0 aliphatic carbocycles. The molecule has 0 unspecified atom stereocenters. The first-order valence-corrected chi connectivity index (χ1v) is 4.03. The van der Waals surface area contributed by atoms with Crippen molar-refractivity contribution in [3.8, 4) is 0 Å². The summed E-state index contributed by atoms with van der Waals surface area (Å²) in [5.74, 6) is 0.0868. The van der Waals surface area contributed by atoms with Crippen molar-refractivity contribution in [2.75, 3.05) is 5.32 Å². The van der Waals surface area contributed by atoms with Crippen molar-refractivity contribution in [2.24, 2.45) is 0 Å². The fourth-order valence-corrected chi connectivity index (χ4v) is 1.54. The van der Waals surface area contributed by atoms with Gasteiger partial charge in [-0.05, 0) is 25.5 Å². The topological polar surface area (TPSA) is 29.1 Å². The van der Waals surface area contributed by atoms with Gasteiger partial charge >= 0.3 is 0 Å². The molecule has 12 heavy (non-hydrogen) atoms. The molecule has 0 radical (unpaired) electrons. The highest BCUT2D eigenvalue weighted by Gasteiger charge is 2.37. The third-order valence-corrected chi connectivity index (χ3v) is 2.42. The molecule has 0 bridgehead atoms. The summed E-state index contributed by atoms with van der Waals surface area (Å²) in [5, 5.41) is 2.85. The largest absolute Gasteiger partial charge is 0.325 e. The van der Waals surface area contributed by atoms with Crippen molar-refractivity contribution in [2.45, 2.75) is 19.3 Å². The first kappa shape index (κ1) is 7.35. The van der Waals surface area contributed by atoms with Gasteiger partial charge in [-0.15, -0.1) is 0 Å². The van der Waals surface area contributed by atoms with Gasteiger partial charge in [-0.2, -0.15) is 0 Å². The SMILES string of the molecule is CC1(C)C(=O)Nc2ccccc21.[HH]. The number of hydrogen-bond donors (Lipinski definition) is 1. The standard InChI is InChI=1S/C10H11NO.H2/c1-10(2)7-5-3-4-6-8(7)11-9(10)12;/h3-6H,1-2H3,(H,11,12);1H. The lowest BCUT2D eigenvalue weighted by Crippen LogP contribution is -2.26. The molecular weight excluding hydrogens is 150 g/mol. The molecule has 1 aromatic carbocycles. The van der Waals surface area contributed by atoms with Gasteiger partial charge in [0.25, 0.3) is 0 Å². The zero-order valence-electron chi connectivity index (χ0n) is 7.22. The van der Waals surface area contributed by atoms with Gasteiger partial charge in [0.1, 0.15) is 0 Å². The lowest BCUT2D eigenvalue weighted by Gasteiger charge is -2.14. The van der Waals surface area contributed by atoms with Gasteiger partial charge in [-0.3, -0.25) is 4.79 Å². The van der Waals surface area contributed by atoms with Gasteiger partial charge in [-0.25, -0.2) is 0 Å². The van der Waals surface area contributed by atoms with Crippen LogP contribution in [-0.2, 0) is 10.2 Å². The first-order valence-electron chi connectivity index (χ1n) is 4.03. The van der Waals surface area contributed by atoms with E-state index in [-0.39, 0.29) is 12.7 Å². The van der Waals surface area contributed by atoms with Crippen LogP contribution in [0.2, 0.25) is 0 Å². The average Bonchev–Trinajstić information content (AvgIpc) is 2.25. The molecule has 0 saturated heterocycles. The van der Waals surface area contributed by atoms with Gasteiger partial charge in [0, 0.05) is 7.11 Å². The fraction of sp³-hybridized carbons (Fsp3) is 0.300. The lowest BCUT2D eigenvalue weighted by atomic mass is 9.86. The van der Waals surface area contributed by atoms with E-state index < -0.39 is 0 Å². The zero-order chi connectivity index (χ0) is 8.77. The lowest BCUT2D eigenvalue weighted by molar-refractivity contribution is -0.119. The average molecular weight is 163 g/mol. The summed E-state index contributed by atoms with van der Waals surface area (Å²) in [6, 6.07) is 7.82. The summed E-state index contributed by atoms with van der Waals surface area (Å²) in [6.45, 7) is 3.88. The second-order valence-electron chi connectivity index (χ2n) is 3.62. The van der Waals surface area contributed by atoms with Crippen molar-refractivity contribution in [1.82, 2.24) is 0 Å². The molecule has 2 rings (SSSR count). The van der Waals surface area contributed by atoms with Crippen LogP contribution in [0.15, 0.2) is 24.3 Å². The van der Waals surface area contributed by atoms with Crippen molar-refractivity contribution in [3.05, 3.63) is 29.8 Å². The third kappa shape index (κ3) is 0.779. The van der Waals surface area contributed by atoms with E-state index in [0.717, 1.165) is 11.3 Å². The Morgan fingerprint density at radius 3 is 2.67 bits per heavy atom. The zero-order valence-corrected chi connectivity index (χ0v) is 7.22. The molecule has 1 aromatic rings. The molecular formula is C10H13NO. The minimum atomic E-state index is -0.364. The van der Waals surface area contributed by atoms with E-state index in [9.17, 15) is 4.79 Å². The van der Waals surface area contributed by atoms with Crippen LogP contribution in [0, 0.1) is 0 Å². The molecule has 64 valence electrons. The first-order chi connectivity index (χ1) is 5.62. The molecule has 1 aliphatic rings. The van der Waals surface area contributed by atoms with Crippen LogP contribution in [0.1, 0.15) is 20.8 Å². The molecule has 2 heteroatoms. The monoisotopic (exact) mass is 163 g/mol. The number of hydrogen-bond acceptors (Lipinski definition) is 1. The van der Waals surface area contributed by atoms with E-state index in [0.29, 0.717) is 0 Å². The molecule has 1 amide bonds. The van der Waals surface area contributed by atoms with Gasteiger partial charge in [0.05, 0.1) is 5.41 Å². The molecule has 1 aliphatic heterocycles. The summed E-state index contributed by atoms with van der Waals surface area (Å²) in [4.78, 5) is 11.4. The summed E-state index contributed by atoms with van der Waals surface area (Å²) < 4.78 is 0. The van der Waals surface area contributed by atoms with Crippen molar-refractivity contribution >= 4 is 11.6 Å². The number of para-hydroxylation sites is 1. The maximum atomic E-state index is 11.4. The maximum absolute atomic E-state index is 11.4. The Kier molecular flexibility index (Phi) is 1.28. The summed E-state index contributed by atoms with van der Waals surface area (Å²) in [6.07, 6.45) is 0. The van der Waals surface area contributed by atoms with Gasteiger partial charge in [0.15, 0.2) is 0 Å². The molecule has 1 heterocycles. The van der Waals surface area contributed by atoms with E-state index >= 15 is 0 Å². The van der Waals surface area contributed by atoms with Crippen LogP contribution in [0.25, 0.3) is 0 Å². The van der Waals surface area contributed by atoms with Crippen LogP contribution < -0.4 is 5.32 Å². The number of amides is 1. The molecule has 0 saturated carbocycles. The van der Waals surface area contributed by atoms with Crippen LogP contribution >= 0.6 is 0 Å². The number of nitrogens with one attached hydrogen (secondary N) is 1. The van der Waals surface area contributed by atoms with Crippen molar-refractivity contribution in [1.29, 1.82) is 0 Å². The number of carbonyl (C=O) groups excluding carboxylic acids is 1. The van der Waals surface area contributed by atoms with E-state index in [1.165, 1.54) is 0 Å². The van der Waals surface area contributed by atoms with Crippen LogP contribution in [-0.4, -0.2) is 5.91 Å². The molecule has 0 atom stereocenters. The second kappa shape index (κ2) is 2.09. The molecule has 0 spiro atoms. The van der Waals surface area contributed by atoms with Crippen LogP contribution in [0.5, 0.6) is 0 Å². The molecule has 2 nitrogen and oxygen atoms in total. The minimum absolute atomic E-state index is 0. The number of benzene rings is 1. The Hall–Kier alpha value is -1.31. The number of carbonyl (C=O) groups is 1. The van der Waals surface area contributed by atoms with Crippen LogP contribution in [0.3, 0.4) is 0 Å². The Bertz CT molecular complexity index is 347. The van der Waals surface area contributed by atoms with E-state index in [1.807, 2.05) is 38.1 Å². The molecule has 1 N–H and O–H groups in total.